The van der Waals surface area contributed by atoms with Crippen LogP contribution in [-0.4, -0.2) is 25.7 Å². The van der Waals surface area contributed by atoms with Gasteiger partial charge in [-0.1, -0.05) is 0 Å². The summed E-state index contributed by atoms with van der Waals surface area (Å²) in [6.07, 6.45) is 0.00407. The van der Waals surface area contributed by atoms with Crippen molar-refractivity contribution in [1.82, 2.24) is 5.43 Å². The fraction of sp³-hybridized carbons (Fsp3) is 0.417. The molecule has 0 heterocycles. The highest BCUT2D eigenvalue weighted by Gasteiger charge is 2.29. The van der Waals surface area contributed by atoms with E-state index in [0.717, 1.165) is 0 Å². The molecule has 1 atom stereocenters. The van der Waals surface area contributed by atoms with Gasteiger partial charge in [-0.05, 0) is 45.0 Å². The van der Waals surface area contributed by atoms with Gasteiger partial charge >= 0.3 is 0 Å². The van der Waals surface area contributed by atoms with Crippen LogP contribution in [0.15, 0.2) is 29.2 Å². The molecule has 1 amide bonds. The highest BCUT2D eigenvalue weighted by atomic mass is 32.2. The fourth-order valence-corrected chi connectivity index (χ4v) is 2.72. The zero-order valence-corrected chi connectivity index (χ0v) is 11.9. The smallest absolute Gasteiger partial charge is 0.252 e. The predicted molar refractivity (Wildman–Crippen MR) is 71.2 cm³/mol. The van der Waals surface area contributed by atoms with Gasteiger partial charge in [-0.25, -0.2) is 14.3 Å². The van der Waals surface area contributed by atoms with Crippen LogP contribution in [0.3, 0.4) is 0 Å². The summed E-state index contributed by atoms with van der Waals surface area (Å²) in [7, 11) is -3.74. The maximum atomic E-state index is 12.1. The van der Waals surface area contributed by atoms with Gasteiger partial charge in [0, 0.05) is 0 Å². The second kappa shape index (κ2) is 6.03. The minimum atomic E-state index is -3.74. The SMILES string of the molecule is CC(C)Oc1ccc(S(=O)(=O)C(C)C(=O)NN)cc1. The van der Waals surface area contributed by atoms with Gasteiger partial charge in [-0.15, -0.1) is 0 Å². The zero-order valence-electron chi connectivity index (χ0n) is 11.1. The van der Waals surface area contributed by atoms with Crippen molar-refractivity contribution >= 4 is 15.7 Å². The lowest BCUT2D eigenvalue weighted by Crippen LogP contribution is -2.41. The van der Waals surface area contributed by atoms with E-state index in [0.29, 0.717) is 5.75 Å². The number of sulfone groups is 1. The molecule has 0 spiro atoms. The molecule has 1 rings (SSSR count). The van der Waals surface area contributed by atoms with Gasteiger partial charge in [0.1, 0.15) is 11.0 Å². The molecule has 0 saturated heterocycles. The van der Waals surface area contributed by atoms with Crippen LogP contribution in [0.1, 0.15) is 20.8 Å². The number of nitrogens with two attached hydrogens (primary N) is 1. The van der Waals surface area contributed by atoms with E-state index in [1.165, 1.54) is 19.1 Å². The summed E-state index contributed by atoms with van der Waals surface area (Å²) in [5.41, 5.74) is 1.84. The van der Waals surface area contributed by atoms with Crippen molar-refractivity contribution in [3.05, 3.63) is 24.3 Å². The van der Waals surface area contributed by atoms with Crippen LogP contribution in [0.5, 0.6) is 5.75 Å². The van der Waals surface area contributed by atoms with E-state index >= 15 is 0 Å². The molecule has 0 bridgehead atoms. The standard InChI is InChI=1S/C12H18N2O4S/c1-8(2)18-10-4-6-11(7-5-10)19(16,17)9(3)12(15)14-13/h4-9H,13H2,1-3H3,(H,14,15). The molecule has 1 aromatic rings. The number of benzene rings is 1. The van der Waals surface area contributed by atoms with Crippen LogP contribution >= 0.6 is 0 Å². The van der Waals surface area contributed by atoms with E-state index in [2.05, 4.69) is 0 Å². The van der Waals surface area contributed by atoms with Crippen LogP contribution in [-0.2, 0) is 14.6 Å². The third-order valence-corrected chi connectivity index (χ3v) is 4.58. The molecule has 7 heteroatoms. The van der Waals surface area contributed by atoms with E-state index in [1.54, 1.807) is 12.1 Å². The summed E-state index contributed by atoms with van der Waals surface area (Å²) < 4.78 is 29.6. The maximum Gasteiger partial charge on any atom is 0.252 e. The van der Waals surface area contributed by atoms with Gasteiger partial charge in [0.25, 0.3) is 5.91 Å². The van der Waals surface area contributed by atoms with E-state index in [1.807, 2.05) is 19.3 Å². The van der Waals surface area contributed by atoms with Crippen LogP contribution in [0.2, 0.25) is 0 Å². The average Bonchev–Trinajstić information content (AvgIpc) is 2.36. The van der Waals surface area contributed by atoms with E-state index in [-0.39, 0.29) is 11.0 Å². The van der Waals surface area contributed by atoms with E-state index < -0.39 is 21.0 Å². The Morgan fingerprint density at radius 3 is 2.16 bits per heavy atom. The Hall–Kier alpha value is -1.60. The third kappa shape index (κ3) is 3.68. The quantitative estimate of drug-likeness (QED) is 0.470. The molecule has 106 valence electrons. The Kier molecular flexibility index (Phi) is 4.90. The largest absolute Gasteiger partial charge is 0.491 e. The first kappa shape index (κ1) is 15.5. The van der Waals surface area contributed by atoms with Crippen molar-refractivity contribution in [2.24, 2.45) is 5.84 Å². The molecule has 0 aliphatic rings. The first-order valence-electron chi connectivity index (χ1n) is 5.80. The van der Waals surface area contributed by atoms with Crippen molar-refractivity contribution in [3.63, 3.8) is 0 Å². The van der Waals surface area contributed by atoms with Gasteiger partial charge in [0.2, 0.25) is 0 Å². The molecular formula is C12H18N2O4S. The average molecular weight is 286 g/mol. The number of carbonyl (C=O) groups excluding carboxylic acids is 1. The Balaban J connectivity index is 3.00. The predicted octanol–water partition coefficient (Wildman–Crippen LogP) is 0.626. The van der Waals surface area contributed by atoms with E-state index in [9.17, 15) is 13.2 Å². The number of amides is 1. The van der Waals surface area contributed by atoms with Gasteiger partial charge in [-0.3, -0.25) is 10.2 Å². The summed E-state index contributed by atoms with van der Waals surface area (Å²) >= 11 is 0. The molecule has 0 aromatic heterocycles. The van der Waals surface area contributed by atoms with Crippen LogP contribution in [0, 0.1) is 0 Å². The van der Waals surface area contributed by atoms with Crippen molar-refractivity contribution in [2.75, 3.05) is 0 Å². The molecule has 1 unspecified atom stereocenters. The Labute approximate surface area is 112 Å². The zero-order chi connectivity index (χ0) is 14.6. The number of hydrogen-bond donors (Lipinski definition) is 2. The van der Waals surface area contributed by atoms with Crippen LogP contribution in [0.25, 0.3) is 0 Å². The normalized spacial score (nSPS) is 13.1. The molecule has 0 radical (unpaired) electrons. The van der Waals surface area contributed by atoms with Crippen LogP contribution in [0.4, 0.5) is 0 Å². The van der Waals surface area contributed by atoms with Crippen molar-refractivity contribution in [3.8, 4) is 5.75 Å². The second-order valence-corrected chi connectivity index (χ2v) is 6.60. The summed E-state index contributed by atoms with van der Waals surface area (Å²) in [6.45, 7) is 5.03. The molecule has 0 aliphatic carbocycles. The highest BCUT2D eigenvalue weighted by Crippen LogP contribution is 2.20. The molecule has 0 aliphatic heterocycles. The molecule has 0 saturated carbocycles. The lowest BCUT2D eigenvalue weighted by Gasteiger charge is -2.13. The molecular weight excluding hydrogens is 268 g/mol. The summed E-state index contributed by atoms with van der Waals surface area (Å²) in [6, 6.07) is 5.93. The Morgan fingerprint density at radius 2 is 1.74 bits per heavy atom. The van der Waals surface area contributed by atoms with Crippen molar-refractivity contribution < 1.29 is 17.9 Å². The highest BCUT2D eigenvalue weighted by molar-refractivity contribution is 7.92. The number of nitrogens with one attached hydrogen (secondary N) is 1. The first-order chi connectivity index (χ1) is 8.78. The summed E-state index contributed by atoms with van der Waals surface area (Å²) in [5, 5.41) is -1.24. The molecule has 1 aromatic carbocycles. The lowest BCUT2D eigenvalue weighted by molar-refractivity contribution is -0.120. The number of rotatable bonds is 5. The number of hydrogen-bond acceptors (Lipinski definition) is 5. The Morgan fingerprint density at radius 1 is 1.21 bits per heavy atom. The minimum absolute atomic E-state index is 0.00407. The maximum absolute atomic E-state index is 12.1. The van der Waals surface area contributed by atoms with Gasteiger partial charge < -0.3 is 4.74 Å². The number of hydrazine groups is 1. The van der Waals surface area contributed by atoms with Gasteiger partial charge in [0.15, 0.2) is 9.84 Å². The minimum Gasteiger partial charge on any atom is -0.491 e. The van der Waals surface area contributed by atoms with Gasteiger partial charge in [-0.2, -0.15) is 0 Å². The number of carbonyl (C=O) groups is 1. The third-order valence-electron chi connectivity index (χ3n) is 2.50. The first-order valence-corrected chi connectivity index (χ1v) is 7.34. The fourth-order valence-electron chi connectivity index (χ4n) is 1.44. The molecule has 3 N–H and O–H groups in total. The van der Waals surface area contributed by atoms with Crippen LogP contribution < -0.4 is 16.0 Å². The molecule has 0 fully saturated rings. The van der Waals surface area contributed by atoms with Crippen molar-refractivity contribution in [1.29, 1.82) is 0 Å². The van der Waals surface area contributed by atoms with E-state index in [4.69, 9.17) is 10.6 Å². The summed E-state index contributed by atoms with van der Waals surface area (Å²) in [4.78, 5) is 11.4. The summed E-state index contributed by atoms with van der Waals surface area (Å²) in [5.74, 6) is 4.77. The van der Waals surface area contributed by atoms with Gasteiger partial charge in [0.05, 0.1) is 11.0 Å². The molecule has 19 heavy (non-hydrogen) atoms. The topological polar surface area (TPSA) is 98.5 Å². The van der Waals surface area contributed by atoms with Crippen molar-refractivity contribution in [2.45, 2.75) is 37.0 Å². The Bertz CT molecular complexity index is 537. The second-order valence-electron chi connectivity index (χ2n) is 4.33. The number of ether oxygens (including phenoxy) is 1. The molecule has 6 nitrogen and oxygen atoms in total. The lowest BCUT2D eigenvalue weighted by atomic mass is 10.3. The monoisotopic (exact) mass is 286 g/mol.